The molecule has 0 aliphatic carbocycles. The molecule has 0 aliphatic heterocycles. The van der Waals surface area contributed by atoms with Gasteiger partial charge in [0.1, 0.15) is 4.83 Å². The van der Waals surface area contributed by atoms with E-state index in [2.05, 4.69) is 113 Å². The summed E-state index contributed by atoms with van der Waals surface area (Å²) in [4.78, 5) is 31.0. The number of para-hydroxylation sites is 2. The Kier molecular flexibility index (Phi) is 7.53. The highest BCUT2D eigenvalue weighted by atomic mass is 32.1. The van der Waals surface area contributed by atoms with Gasteiger partial charge in [-0.05, 0) is 36.4 Å². The fourth-order valence-electron chi connectivity index (χ4n) is 7.50. The third-order valence-electron chi connectivity index (χ3n) is 10.1. The van der Waals surface area contributed by atoms with E-state index >= 15 is 0 Å². The molecule has 0 aliphatic rings. The van der Waals surface area contributed by atoms with Crippen LogP contribution < -0.4 is 0 Å². The Bertz CT molecular complexity index is 3190. The molecule has 0 unspecified atom stereocenters. The van der Waals surface area contributed by atoms with Crippen LogP contribution in [0.25, 0.3) is 105 Å². The number of nitrogens with zero attached hydrogens (tertiary/aromatic N) is 7. The SMILES string of the molecule is c1ccc(-c2nc(-c3ccc(-c4nc(-c5ccccc5)nc5c4sc4ncccc45)cc3)nc(-c3cccc(-n4c5ccccc5c5ccccc54)c3)n2)cc1. The first-order valence-corrected chi connectivity index (χ1v) is 19.2. The molecule has 0 radical (unpaired) electrons. The summed E-state index contributed by atoms with van der Waals surface area (Å²) in [6, 6.07) is 58.1. The molecular formula is C48H29N7S. The van der Waals surface area contributed by atoms with Gasteiger partial charge >= 0.3 is 0 Å². The summed E-state index contributed by atoms with van der Waals surface area (Å²) in [7, 11) is 0. The van der Waals surface area contributed by atoms with Crippen molar-refractivity contribution in [2.75, 3.05) is 0 Å². The van der Waals surface area contributed by atoms with E-state index in [0.29, 0.717) is 23.3 Å². The minimum Gasteiger partial charge on any atom is -0.309 e. The van der Waals surface area contributed by atoms with Crippen molar-refractivity contribution < 1.29 is 0 Å². The fourth-order valence-corrected chi connectivity index (χ4v) is 8.60. The van der Waals surface area contributed by atoms with Gasteiger partial charge in [-0.15, -0.1) is 11.3 Å². The van der Waals surface area contributed by atoms with Crippen LogP contribution in [0, 0.1) is 0 Å². The first-order valence-electron chi connectivity index (χ1n) is 18.4. The molecule has 56 heavy (non-hydrogen) atoms. The minimum atomic E-state index is 0.589. The first-order chi connectivity index (χ1) is 27.7. The van der Waals surface area contributed by atoms with Crippen molar-refractivity contribution in [2.24, 2.45) is 0 Å². The van der Waals surface area contributed by atoms with Crippen molar-refractivity contribution in [2.45, 2.75) is 0 Å². The molecule has 0 saturated heterocycles. The Morgan fingerprint density at radius 3 is 1.57 bits per heavy atom. The molecule has 262 valence electrons. The van der Waals surface area contributed by atoms with Crippen LogP contribution in [0.2, 0.25) is 0 Å². The second kappa shape index (κ2) is 13.2. The van der Waals surface area contributed by atoms with Crippen LogP contribution in [0.1, 0.15) is 0 Å². The molecule has 0 N–H and O–H groups in total. The lowest BCUT2D eigenvalue weighted by Crippen LogP contribution is -2.01. The highest BCUT2D eigenvalue weighted by molar-refractivity contribution is 7.25. The second-order valence-corrected chi connectivity index (χ2v) is 14.6. The highest BCUT2D eigenvalue weighted by Gasteiger charge is 2.19. The number of hydrogen-bond acceptors (Lipinski definition) is 7. The molecule has 0 amide bonds. The molecule has 0 atom stereocenters. The maximum Gasteiger partial charge on any atom is 0.164 e. The number of thiophene rings is 1. The van der Waals surface area contributed by atoms with Crippen molar-refractivity contribution in [3.05, 3.63) is 176 Å². The molecule has 0 fully saturated rings. The molecule has 0 bridgehead atoms. The van der Waals surface area contributed by atoms with E-state index in [-0.39, 0.29) is 0 Å². The quantitative estimate of drug-likeness (QED) is 0.169. The molecule has 7 nitrogen and oxygen atoms in total. The molecule has 0 saturated carbocycles. The average Bonchev–Trinajstić information content (AvgIpc) is 3.83. The Hall–Kier alpha value is -7.42. The number of benzene rings is 6. The molecule has 5 aromatic heterocycles. The largest absolute Gasteiger partial charge is 0.309 e. The zero-order valence-electron chi connectivity index (χ0n) is 29.8. The maximum absolute atomic E-state index is 5.14. The summed E-state index contributed by atoms with van der Waals surface area (Å²) >= 11 is 1.62. The van der Waals surface area contributed by atoms with E-state index in [1.54, 1.807) is 11.3 Å². The van der Waals surface area contributed by atoms with E-state index < -0.39 is 0 Å². The van der Waals surface area contributed by atoms with Gasteiger partial charge in [0.15, 0.2) is 23.3 Å². The normalized spacial score (nSPS) is 11.6. The third-order valence-corrected chi connectivity index (χ3v) is 11.3. The molecule has 6 aromatic carbocycles. The van der Waals surface area contributed by atoms with Crippen molar-refractivity contribution in [1.82, 2.24) is 34.5 Å². The summed E-state index contributed by atoms with van der Waals surface area (Å²) in [6.07, 6.45) is 1.82. The van der Waals surface area contributed by atoms with E-state index in [9.17, 15) is 0 Å². The molecule has 0 spiro atoms. The molecule has 11 rings (SSSR count). The van der Waals surface area contributed by atoms with E-state index in [4.69, 9.17) is 24.9 Å². The lowest BCUT2D eigenvalue weighted by molar-refractivity contribution is 1.07. The fraction of sp³-hybridized carbons (Fsp3) is 0. The number of hydrogen-bond donors (Lipinski definition) is 0. The Morgan fingerprint density at radius 2 is 0.911 bits per heavy atom. The standard InChI is InChI=1S/C48H29N7S/c1-3-13-31(14-4-1)44-50-41(43-42(51-44)38-21-12-28-49-48(38)56-43)30-24-26-33(27-25-30)46-52-45(32-15-5-2-6-16-32)53-47(54-46)34-17-11-18-35(29-34)55-39-22-9-7-19-36(39)37-20-8-10-23-40(37)55/h1-29H. The van der Waals surface area contributed by atoms with Gasteiger partial charge in [0.05, 0.1) is 26.9 Å². The van der Waals surface area contributed by atoms with Gasteiger partial charge < -0.3 is 4.57 Å². The van der Waals surface area contributed by atoms with Crippen molar-refractivity contribution in [3.63, 3.8) is 0 Å². The summed E-state index contributed by atoms with van der Waals surface area (Å²) in [5.41, 5.74) is 9.74. The van der Waals surface area contributed by atoms with E-state index in [0.717, 1.165) is 70.7 Å². The van der Waals surface area contributed by atoms with Gasteiger partial charge in [0.2, 0.25) is 0 Å². The van der Waals surface area contributed by atoms with Gasteiger partial charge in [-0.3, -0.25) is 0 Å². The number of aromatic nitrogens is 7. The lowest BCUT2D eigenvalue weighted by atomic mass is 10.1. The zero-order valence-corrected chi connectivity index (χ0v) is 30.6. The Labute approximate surface area is 325 Å². The van der Waals surface area contributed by atoms with Crippen LogP contribution in [0.3, 0.4) is 0 Å². The predicted octanol–water partition coefficient (Wildman–Crippen LogP) is 11.9. The molecule has 5 heterocycles. The Balaban J connectivity index is 1.04. The average molecular weight is 736 g/mol. The summed E-state index contributed by atoms with van der Waals surface area (Å²) < 4.78 is 3.32. The van der Waals surface area contributed by atoms with Crippen LogP contribution in [-0.2, 0) is 0 Å². The van der Waals surface area contributed by atoms with Crippen LogP contribution in [0.4, 0.5) is 0 Å². The second-order valence-electron chi connectivity index (χ2n) is 13.6. The first kappa shape index (κ1) is 32.0. The zero-order chi connectivity index (χ0) is 37.0. The highest BCUT2D eigenvalue weighted by Crippen LogP contribution is 2.39. The van der Waals surface area contributed by atoms with Gasteiger partial charge in [-0.2, -0.15) is 0 Å². The van der Waals surface area contributed by atoms with Crippen LogP contribution in [0.5, 0.6) is 0 Å². The van der Waals surface area contributed by atoms with Gasteiger partial charge in [-0.25, -0.2) is 29.9 Å². The summed E-state index contributed by atoms with van der Waals surface area (Å²) in [5, 5.41) is 3.46. The molecule has 8 heteroatoms. The van der Waals surface area contributed by atoms with Gasteiger partial charge in [-0.1, -0.05) is 133 Å². The van der Waals surface area contributed by atoms with Gasteiger partial charge in [0.25, 0.3) is 0 Å². The van der Waals surface area contributed by atoms with Crippen molar-refractivity contribution in [3.8, 4) is 62.5 Å². The topological polar surface area (TPSA) is 82.3 Å². The number of rotatable bonds is 6. The third kappa shape index (κ3) is 5.42. The lowest BCUT2D eigenvalue weighted by Gasteiger charge is -2.12. The van der Waals surface area contributed by atoms with Crippen LogP contribution in [0.15, 0.2) is 176 Å². The smallest absolute Gasteiger partial charge is 0.164 e. The summed E-state index contributed by atoms with van der Waals surface area (Å²) in [5.74, 6) is 2.48. The Morgan fingerprint density at radius 1 is 0.393 bits per heavy atom. The van der Waals surface area contributed by atoms with Crippen LogP contribution in [-0.4, -0.2) is 34.5 Å². The van der Waals surface area contributed by atoms with Gasteiger partial charge in [0, 0.05) is 55.9 Å². The van der Waals surface area contributed by atoms with Crippen molar-refractivity contribution >= 4 is 53.6 Å². The minimum absolute atomic E-state index is 0.589. The summed E-state index contributed by atoms with van der Waals surface area (Å²) in [6.45, 7) is 0. The van der Waals surface area contributed by atoms with E-state index in [1.165, 1.54) is 10.8 Å². The van der Waals surface area contributed by atoms with Crippen molar-refractivity contribution in [1.29, 1.82) is 0 Å². The maximum atomic E-state index is 5.14. The van der Waals surface area contributed by atoms with E-state index in [1.807, 2.05) is 72.9 Å². The predicted molar refractivity (Wildman–Crippen MR) is 228 cm³/mol. The molecule has 11 aromatic rings. The number of fused-ring (bicyclic) bond motifs is 6. The number of pyridine rings is 1. The molecular weight excluding hydrogens is 707 g/mol. The monoisotopic (exact) mass is 735 g/mol. The van der Waals surface area contributed by atoms with Crippen LogP contribution >= 0.6 is 11.3 Å².